The van der Waals surface area contributed by atoms with Crippen LogP contribution in [0.4, 0.5) is 0 Å². The van der Waals surface area contributed by atoms with Gasteiger partial charge in [0.15, 0.2) is 0 Å². The van der Waals surface area contributed by atoms with E-state index in [1.807, 2.05) is 0 Å². The van der Waals surface area contributed by atoms with Crippen molar-refractivity contribution in [1.82, 2.24) is 4.98 Å². The number of rotatable bonds is 1. The number of pyridine rings is 1. The summed E-state index contributed by atoms with van der Waals surface area (Å²) >= 11 is 1.46. The molecule has 2 heterocycles. The van der Waals surface area contributed by atoms with Gasteiger partial charge in [-0.3, -0.25) is 4.98 Å². The molecule has 0 aliphatic carbocycles. The molecule has 0 aliphatic rings. The zero-order chi connectivity index (χ0) is 8.55. The summed E-state index contributed by atoms with van der Waals surface area (Å²) in [5.74, 6) is 0. The second-order valence-electron chi connectivity index (χ2n) is 2.44. The second-order valence-corrected chi connectivity index (χ2v) is 3.35. The smallest absolute Gasteiger partial charge is 0.423 e. The van der Waals surface area contributed by atoms with E-state index in [0.717, 1.165) is 10.1 Å². The SMILES string of the molecule is OB(O)c1csc2cnccc12. The third-order valence-corrected chi connectivity index (χ3v) is 2.64. The van der Waals surface area contributed by atoms with Crippen molar-refractivity contribution in [1.29, 1.82) is 0 Å². The zero-order valence-corrected chi connectivity index (χ0v) is 6.95. The molecule has 0 aliphatic heterocycles. The predicted octanol–water partition coefficient (Wildman–Crippen LogP) is -0.0239. The maximum atomic E-state index is 8.95. The first-order valence-electron chi connectivity index (χ1n) is 3.46. The Labute approximate surface area is 73.5 Å². The molecule has 0 fully saturated rings. The van der Waals surface area contributed by atoms with Crippen LogP contribution in [0, 0.1) is 0 Å². The molecule has 60 valence electrons. The molecule has 0 radical (unpaired) electrons. The maximum Gasteiger partial charge on any atom is 0.489 e. The lowest BCUT2D eigenvalue weighted by molar-refractivity contribution is 0.426. The molecule has 0 unspecified atom stereocenters. The Kier molecular flexibility index (Phi) is 1.84. The van der Waals surface area contributed by atoms with E-state index >= 15 is 0 Å². The molecule has 2 aromatic heterocycles. The van der Waals surface area contributed by atoms with Crippen molar-refractivity contribution >= 4 is 34.0 Å². The minimum absolute atomic E-state index is 0.553. The predicted molar refractivity (Wildman–Crippen MR) is 49.4 cm³/mol. The highest BCUT2D eigenvalue weighted by atomic mass is 32.1. The summed E-state index contributed by atoms with van der Waals surface area (Å²) in [5, 5.41) is 20.5. The lowest BCUT2D eigenvalue weighted by Crippen LogP contribution is -2.28. The normalized spacial score (nSPS) is 10.5. The maximum absolute atomic E-state index is 8.95. The van der Waals surface area contributed by atoms with Gasteiger partial charge >= 0.3 is 7.12 Å². The van der Waals surface area contributed by atoms with E-state index in [1.54, 1.807) is 23.8 Å². The first-order valence-corrected chi connectivity index (χ1v) is 4.34. The molecule has 2 rings (SSSR count). The van der Waals surface area contributed by atoms with Crippen molar-refractivity contribution in [3.8, 4) is 0 Å². The van der Waals surface area contributed by atoms with Crippen LogP contribution in [0.25, 0.3) is 10.1 Å². The lowest BCUT2D eigenvalue weighted by Gasteiger charge is -1.94. The number of fused-ring (bicyclic) bond motifs is 1. The number of hydrogen-bond acceptors (Lipinski definition) is 4. The Morgan fingerprint density at radius 2 is 2.25 bits per heavy atom. The summed E-state index contributed by atoms with van der Waals surface area (Å²) < 4.78 is 0.973. The van der Waals surface area contributed by atoms with E-state index in [2.05, 4.69) is 4.98 Å². The molecular weight excluding hydrogens is 173 g/mol. The monoisotopic (exact) mass is 179 g/mol. The minimum atomic E-state index is -1.39. The molecule has 3 nitrogen and oxygen atoms in total. The Morgan fingerprint density at radius 1 is 1.42 bits per heavy atom. The first kappa shape index (κ1) is 7.73. The molecule has 0 atom stereocenters. The Bertz CT molecular complexity index is 401. The second kappa shape index (κ2) is 2.86. The largest absolute Gasteiger partial charge is 0.489 e. The fraction of sp³-hybridized carbons (Fsp3) is 0. The molecular formula is C7H6BNO2S. The van der Waals surface area contributed by atoms with Gasteiger partial charge < -0.3 is 10.0 Å². The quantitative estimate of drug-likeness (QED) is 0.604. The minimum Gasteiger partial charge on any atom is -0.423 e. The highest BCUT2D eigenvalue weighted by molar-refractivity contribution is 7.18. The van der Waals surface area contributed by atoms with Crippen LogP contribution in [-0.4, -0.2) is 22.2 Å². The summed E-state index contributed by atoms with van der Waals surface area (Å²) in [6.45, 7) is 0. The highest BCUT2D eigenvalue weighted by Crippen LogP contribution is 2.16. The Morgan fingerprint density at radius 3 is 3.00 bits per heavy atom. The van der Waals surface area contributed by atoms with E-state index in [0.29, 0.717) is 5.46 Å². The van der Waals surface area contributed by atoms with Crippen molar-refractivity contribution in [3.05, 3.63) is 23.8 Å². The van der Waals surface area contributed by atoms with Crippen LogP contribution in [-0.2, 0) is 0 Å². The van der Waals surface area contributed by atoms with Gasteiger partial charge in [-0.1, -0.05) is 0 Å². The number of hydrogen-bond donors (Lipinski definition) is 2. The van der Waals surface area contributed by atoms with Gasteiger partial charge in [0.1, 0.15) is 0 Å². The van der Waals surface area contributed by atoms with Gasteiger partial charge in [-0.15, -0.1) is 11.3 Å². The van der Waals surface area contributed by atoms with E-state index in [-0.39, 0.29) is 0 Å². The average molecular weight is 179 g/mol. The third kappa shape index (κ3) is 1.12. The van der Waals surface area contributed by atoms with Gasteiger partial charge in [0.25, 0.3) is 0 Å². The summed E-state index contributed by atoms with van der Waals surface area (Å²) in [6.07, 6.45) is 3.35. The van der Waals surface area contributed by atoms with Crippen LogP contribution >= 0.6 is 11.3 Å². The first-order chi connectivity index (χ1) is 5.79. The zero-order valence-electron chi connectivity index (χ0n) is 6.14. The summed E-state index contributed by atoms with van der Waals surface area (Å²) in [4.78, 5) is 3.93. The van der Waals surface area contributed by atoms with Crippen molar-refractivity contribution in [2.75, 3.05) is 0 Å². The average Bonchev–Trinajstić information content (AvgIpc) is 2.47. The van der Waals surface area contributed by atoms with Crippen molar-refractivity contribution in [3.63, 3.8) is 0 Å². The van der Waals surface area contributed by atoms with E-state index in [1.165, 1.54) is 11.3 Å². The molecule has 0 saturated heterocycles. The van der Waals surface area contributed by atoms with Gasteiger partial charge in [-0.05, 0) is 16.8 Å². The Hall–Kier alpha value is -0.905. The standard InChI is InChI=1S/C7H6BNO2S/c10-8(11)6-4-12-7-3-9-2-1-5(6)7/h1-4,10-11H. The van der Waals surface area contributed by atoms with Gasteiger partial charge in [-0.25, -0.2) is 0 Å². The summed E-state index contributed by atoms with van der Waals surface area (Å²) in [5.41, 5.74) is 0.553. The van der Waals surface area contributed by atoms with Crippen LogP contribution < -0.4 is 5.46 Å². The van der Waals surface area contributed by atoms with Crippen LogP contribution in [0.5, 0.6) is 0 Å². The van der Waals surface area contributed by atoms with Gasteiger partial charge in [0.05, 0.1) is 4.70 Å². The molecule has 0 aromatic carbocycles. The van der Waals surface area contributed by atoms with Crippen LogP contribution in [0.15, 0.2) is 23.8 Å². The van der Waals surface area contributed by atoms with Gasteiger partial charge in [-0.2, -0.15) is 0 Å². The lowest BCUT2D eigenvalue weighted by atomic mass is 9.80. The molecule has 12 heavy (non-hydrogen) atoms. The fourth-order valence-electron chi connectivity index (χ4n) is 1.10. The molecule has 0 spiro atoms. The van der Waals surface area contributed by atoms with E-state index in [4.69, 9.17) is 10.0 Å². The topological polar surface area (TPSA) is 53.4 Å². The van der Waals surface area contributed by atoms with Crippen LogP contribution in [0.2, 0.25) is 0 Å². The number of nitrogens with zero attached hydrogens (tertiary/aromatic N) is 1. The van der Waals surface area contributed by atoms with Gasteiger partial charge in [0, 0.05) is 17.9 Å². The molecule has 2 aromatic rings. The molecule has 0 bridgehead atoms. The van der Waals surface area contributed by atoms with Crippen molar-refractivity contribution < 1.29 is 10.0 Å². The van der Waals surface area contributed by atoms with E-state index < -0.39 is 7.12 Å². The molecule has 0 amide bonds. The molecule has 0 saturated carbocycles. The van der Waals surface area contributed by atoms with Crippen LogP contribution in [0.3, 0.4) is 0 Å². The number of aromatic nitrogens is 1. The fourth-order valence-corrected chi connectivity index (χ4v) is 2.04. The highest BCUT2D eigenvalue weighted by Gasteiger charge is 2.15. The van der Waals surface area contributed by atoms with Gasteiger partial charge in [0.2, 0.25) is 0 Å². The van der Waals surface area contributed by atoms with Crippen molar-refractivity contribution in [2.45, 2.75) is 0 Å². The van der Waals surface area contributed by atoms with Crippen LogP contribution in [0.1, 0.15) is 0 Å². The number of thiophene rings is 1. The van der Waals surface area contributed by atoms with E-state index in [9.17, 15) is 0 Å². The van der Waals surface area contributed by atoms with Crippen molar-refractivity contribution in [2.24, 2.45) is 0 Å². The third-order valence-electron chi connectivity index (χ3n) is 1.69. The molecule has 2 N–H and O–H groups in total. The Balaban J connectivity index is 2.70. The summed E-state index contributed by atoms with van der Waals surface area (Å²) in [6, 6.07) is 1.78. The molecule has 5 heteroatoms. The summed E-state index contributed by atoms with van der Waals surface area (Å²) in [7, 11) is -1.39.